The topological polar surface area (TPSA) is 73.8 Å². The molecule has 0 radical (unpaired) electrons. The number of hydrogen-bond donors (Lipinski definition) is 0. The van der Waals surface area contributed by atoms with Crippen molar-refractivity contribution in [3.8, 4) is 0 Å². The maximum absolute atomic E-state index is 13.5. The molecule has 0 spiro atoms. The van der Waals surface area contributed by atoms with Crippen LogP contribution < -0.4 is 0 Å². The van der Waals surface area contributed by atoms with Gasteiger partial charge in [0.2, 0.25) is 15.9 Å². The van der Waals surface area contributed by atoms with Gasteiger partial charge in [-0.2, -0.15) is 4.31 Å². The second-order valence-corrected chi connectivity index (χ2v) is 11.6. The highest BCUT2D eigenvalue weighted by molar-refractivity contribution is 7.89. The summed E-state index contributed by atoms with van der Waals surface area (Å²) < 4.78 is 28.6. The van der Waals surface area contributed by atoms with E-state index in [0.717, 1.165) is 55.0 Å². The minimum absolute atomic E-state index is 0.0976. The van der Waals surface area contributed by atoms with E-state index >= 15 is 0 Å². The van der Waals surface area contributed by atoms with Crippen LogP contribution in [0.3, 0.4) is 0 Å². The van der Waals surface area contributed by atoms with Gasteiger partial charge in [0.1, 0.15) is 0 Å². The van der Waals surface area contributed by atoms with Gasteiger partial charge in [-0.25, -0.2) is 8.42 Å². The van der Waals surface area contributed by atoms with Crippen molar-refractivity contribution < 1.29 is 13.2 Å². The molecule has 2 aliphatic rings. The maximum Gasteiger partial charge on any atom is 0.243 e. The molecule has 0 saturated carbocycles. The molecule has 2 saturated heterocycles. The Morgan fingerprint density at radius 2 is 1.47 bits per heavy atom. The highest BCUT2D eigenvalue weighted by Gasteiger charge is 2.36. The lowest BCUT2D eigenvalue weighted by Gasteiger charge is -2.38. The van der Waals surface area contributed by atoms with Gasteiger partial charge in [0, 0.05) is 64.1 Å². The summed E-state index contributed by atoms with van der Waals surface area (Å²) in [5.41, 5.74) is 4.87. The number of hydrogen-bond acceptors (Lipinski definition) is 5. The minimum atomic E-state index is -3.58. The molecule has 1 amide bonds. The van der Waals surface area contributed by atoms with Gasteiger partial charge in [-0.3, -0.25) is 14.7 Å². The Bertz CT molecular complexity index is 1110. The van der Waals surface area contributed by atoms with E-state index in [1.54, 1.807) is 4.31 Å². The first-order valence-electron chi connectivity index (χ1n) is 12.2. The summed E-state index contributed by atoms with van der Waals surface area (Å²) in [5, 5.41) is 0. The minimum Gasteiger partial charge on any atom is -0.340 e. The molecule has 1 aromatic heterocycles. The number of aryl methyl sites for hydroxylation is 2. The third-order valence-electron chi connectivity index (χ3n) is 7.54. The predicted octanol–water partition coefficient (Wildman–Crippen LogP) is 3.06. The Kier molecular flexibility index (Phi) is 7.40. The number of carbonyl (C=O) groups excluding carboxylic acids is 1. The second kappa shape index (κ2) is 10.1. The zero-order valence-corrected chi connectivity index (χ0v) is 21.6. The molecule has 184 valence electrons. The van der Waals surface area contributed by atoms with E-state index < -0.39 is 10.0 Å². The number of sulfonamides is 1. The molecule has 8 heteroatoms. The van der Waals surface area contributed by atoms with Crippen molar-refractivity contribution in [3.05, 3.63) is 58.4 Å². The maximum atomic E-state index is 13.5. The zero-order chi connectivity index (χ0) is 24.5. The lowest BCUT2D eigenvalue weighted by atomic mass is 9.96. The van der Waals surface area contributed by atoms with Gasteiger partial charge in [-0.15, -0.1) is 0 Å². The van der Waals surface area contributed by atoms with Crippen molar-refractivity contribution in [1.82, 2.24) is 19.1 Å². The summed E-state index contributed by atoms with van der Waals surface area (Å²) in [6, 6.07) is 6.10. The van der Waals surface area contributed by atoms with Gasteiger partial charge in [0.15, 0.2) is 0 Å². The SMILES string of the molecule is Cc1cc(C)c(C)c(S(=O)(=O)N2CCC(C(=O)N3CCN(Cc4ccncc4)CC3)CC2)c1C. The second-order valence-electron chi connectivity index (χ2n) is 9.72. The molecule has 4 rings (SSSR count). The highest BCUT2D eigenvalue weighted by atomic mass is 32.2. The lowest BCUT2D eigenvalue weighted by Crippen LogP contribution is -2.51. The molecule has 7 nitrogen and oxygen atoms in total. The van der Waals surface area contributed by atoms with Crippen LogP contribution in [0.2, 0.25) is 0 Å². The zero-order valence-electron chi connectivity index (χ0n) is 20.7. The van der Waals surface area contributed by atoms with Gasteiger partial charge < -0.3 is 4.90 Å². The molecule has 0 N–H and O–H groups in total. The molecule has 1 aromatic carbocycles. The van der Waals surface area contributed by atoms with Crippen molar-refractivity contribution >= 4 is 15.9 Å². The lowest BCUT2D eigenvalue weighted by molar-refractivity contribution is -0.138. The molecule has 3 heterocycles. The third-order valence-corrected chi connectivity index (χ3v) is 9.71. The van der Waals surface area contributed by atoms with Crippen LogP contribution in [0.4, 0.5) is 0 Å². The summed E-state index contributed by atoms with van der Waals surface area (Å²) in [6.45, 7) is 12.5. The number of amides is 1. The van der Waals surface area contributed by atoms with E-state index in [1.165, 1.54) is 5.56 Å². The van der Waals surface area contributed by atoms with Crippen LogP contribution in [-0.2, 0) is 21.4 Å². The van der Waals surface area contributed by atoms with Crippen molar-refractivity contribution in [1.29, 1.82) is 0 Å². The molecule has 0 atom stereocenters. The number of nitrogens with zero attached hydrogens (tertiary/aromatic N) is 4. The molecular formula is C26H36N4O3S. The van der Waals surface area contributed by atoms with Crippen LogP contribution in [0.15, 0.2) is 35.5 Å². The Balaban J connectivity index is 1.34. The van der Waals surface area contributed by atoms with Crippen LogP contribution in [-0.4, -0.2) is 72.7 Å². The molecule has 0 bridgehead atoms. The Morgan fingerprint density at radius 1 is 0.912 bits per heavy atom. The van der Waals surface area contributed by atoms with Gasteiger partial charge in [-0.05, 0) is 80.5 Å². The first kappa shape index (κ1) is 24.8. The van der Waals surface area contributed by atoms with Gasteiger partial charge in [0.05, 0.1) is 4.90 Å². The van der Waals surface area contributed by atoms with E-state index in [2.05, 4.69) is 9.88 Å². The number of piperazine rings is 1. The van der Waals surface area contributed by atoms with Crippen LogP contribution in [0.25, 0.3) is 0 Å². The van der Waals surface area contributed by atoms with Crippen LogP contribution in [0.5, 0.6) is 0 Å². The van der Waals surface area contributed by atoms with E-state index in [4.69, 9.17) is 0 Å². The summed E-state index contributed by atoms with van der Waals surface area (Å²) in [7, 11) is -3.58. The molecular weight excluding hydrogens is 448 g/mol. The summed E-state index contributed by atoms with van der Waals surface area (Å²) in [4.78, 5) is 22.0. The van der Waals surface area contributed by atoms with Gasteiger partial charge >= 0.3 is 0 Å². The average Bonchev–Trinajstić information content (AvgIpc) is 2.83. The van der Waals surface area contributed by atoms with Crippen LogP contribution in [0.1, 0.15) is 40.7 Å². The normalized spacial score (nSPS) is 18.9. The van der Waals surface area contributed by atoms with Crippen molar-refractivity contribution in [2.45, 2.75) is 52.0 Å². The standard InChI is InChI=1S/C26H36N4O3S/c1-19-17-20(2)22(4)25(21(19)3)34(32,33)30-11-7-24(8-12-30)26(31)29-15-13-28(14-16-29)18-23-5-9-27-10-6-23/h5-6,9-10,17,24H,7-8,11-16,18H2,1-4H3. The van der Waals surface area contributed by atoms with Crippen LogP contribution >= 0.6 is 0 Å². The molecule has 0 unspecified atom stereocenters. The van der Waals surface area contributed by atoms with Crippen molar-refractivity contribution in [3.63, 3.8) is 0 Å². The molecule has 0 aliphatic carbocycles. The fourth-order valence-electron chi connectivity index (χ4n) is 5.17. The van der Waals surface area contributed by atoms with E-state index in [1.807, 2.05) is 63.2 Å². The average molecular weight is 485 g/mol. The van der Waals surface area contributed by atoms with Gasteiger partial charge in [-0.1, -0.05) is 6.07 Å². The quantitative estimate of drug-likeness (QED) is 0.652. The summed E-state index contributed by atoms with van der Waals surface area (Å²) in [6.07, 6.45) is 4.78. The van der Waals surface area contributed by atoms with Gasteiger partial charge in [0.25, 0.3) is 0 Å². The van der Waals surface area contributed by atoms with Crippen molar-refractivity contribution in [2.75, 3.05) is 39.3 Å². The number of rotatable bonds is 5. The van der Waals surface area contributed by atoms with E-state index in [-0.39, 0.29) is 11.8 Å². The first-order valence-corrected chi connectivity index (χ1v) is 13.6. The predicted molar refractivity (Wildman–Crippen MR) is 133 cm³/mol. The first-order chi connectivity index (χ1) is 16.2. The Labute approximate surface area is 203 Å². The van der Waals surface area contributed by atoms with Crippen LogP contribution in [0, 0.1) is 33.6 Å². The largest absolute Gasteiger partial charge is 0.340 e. The number of benzene rings is 1. The molecule has 2 aliphatic heterocycles. The highest BCUT2D eigenvalue weighted by Crippen LogP contribution is 2.31. The molecule has 2 aromatic rings. The number of pyridine rings is 1. The fourth-order valence-corrected chi connectivity index (χ4v) is 7.22. The number of aromatic nitrogens is 1. The monoisotopic (exact) mass is 484 g/mol. The Hall–Kier alpha value is -2.29. The third kappa shape index (κ3) is 5.04. The van der Waals surface area contributed by atoms with E-state index in [0.29, 0.717) is 30.8 Å². The molecule has 34 heavy (non-hydrogen) atoms. The summed E-state index contributed by atoms with van der Waals surface area (Å²) >= 11 is 0. The van der Waals surface area contributed by atoms with Crippen molar-refractivity contribution in [2.24, 2.45) is 5.92 Å². The summed E-state index contributed by atoms with van der Waals surface area (Å²) in [5.74, 6) is 0.0824. The fraction of sp³-hybridized carbons (Fsp3) is 0.538. The smallest absolute Gasteiger partial charge is 0.243 e. The number of piperidine rings is 1. The number of carbonyl (C=O) groups is 1. The Morgan fingerprint density at radius 3 is 2.03 bits per heavy atom. The molecule has 2 fully saturated rings. The van der Waals surface area contributed by atoms with E-state index in [9.17, 15) is 13.2 Å².